The fourth-order valence-corrected chi connectivity index (χ4v) is 3.34. The first-order valence-electron chi connectivity index (χ1n) is 9.05. The van der Waals surface area contributed by atoms with Crippen molar-refractivity contribution < 1.29 is 9.53 Å². The Morgan fingerprint density at radius 3 is 3.00 bits per heavy atom. The molecule has 1 saturated carbocycles. The summed E-state index contributed by atoms with van der Waals surface area (Å²) in [5, 5.41) is 3.02. The molecule has 3 aliphatic rings. The first-order chi connectivity index (χ1) is 11.8. The van der Waals surface area contributed by atoms with Gasteiger partial charge < -0.3 is 15.0 Å². The number of amides is 2. The van der Waals surface area contributed by atoms with Crippen LogP contribution in [-0.4, -0.2) is 36.7 Å². The number of fused-ring (bicyclic) bond motifs is 1. The number of benzene rings is 1. The Labute approximate surface area is 143 Å². The number of nitrogens with zero attached hydrogens (tertiary/aromatic N) is 1. The van der Waals surface area contributed by atoms with Crippen LogP contribution in [0.25, 0.3) is 0 Å². The number of carbonyl (C=O) groups excluding carboxylic acids is 1. The van der Waals surface area contributed by atoms with Gasteiger partial charge in [0.25, 0.3) is 0 Å². The number of urea groups is 1. The van der Waals surface area contributed by atoms with Gasteiger partial charge in [0.15, 0.2) is 0 Å². The molecule has 0 bridgehead atoms. The quantitative estimate of drug-likeness (QED) is 0.850. The van der Waals surface area contributed by atoms with Crippen LogP contribution in [0.3, 0.4) is 0 Å². The fraction of sp³-hybridized carbons (Fsp3) is 0.550. The van der Waals surface area contributed by atoms with Crippen molar-refractivity contribution in [3.05, 3.63) is 34.9 Å². The third kappa shape index (κ3) is 3.73. The number of carbonyl (C=O) groups is 1. The molecule has 1 aromatic rings. The molecule has 2 amide bonds. The normalized spacial score (nSPS) is 22.5. The largest absolute Gasteiger partial charge is 0.376 e. The lowest BCUT2D eigenvalue weighted by molar-refractivity contribution is 0.108. The van der Waals surface area contributed by atoms with Crippen LogP contribution in [0.15, 0.2) is 18.2 Å². The van der Waals surface area contributed by atoms with Crippen molar-refractivity contribution in [3.63, 3.8) is 0 Å². The maximum atomic E-state index is 12.4. The Kier molecular flexibility index (Phi) is 4.44. The second-order valence-corrected chi connectivity index (χ2v) is 7.02. The second-order valence-electron chi connectivity index (χ2n) is 7.02. The van der Waals surface area contributed by atoms with Gasteiger partial charge in [-0.25, -0.2) is 4.79 Å². The number of ether oxygens (including phenoxy) is 1. The Balaban J connectivity index is 1.34. The Bertz CT molecular complexity index is 679. The standard InChI is InChI=1S/C20H24N2O2/c23-20(21-13-19-2-1-11-24-19)22-10-9-17-12-16(6-5-15-3-4-15)7-8-18(17)14-22/h7-8,12,15,19H,1-4,9-11,13-14H2,(H,21,23). The first kappa shape index (κ1) is 15.5. The maximum Gasteiger partial charge on any atom is 0.317 e. The monoisotopic (exact) mass is 324 g/mol. The molecule has 2 heterocycles. The van der Waals surface area contributed by atoms with Crippen molar-refractivity contribution in [1.29, 1.82) is 0 Å². The van der Waals surface area contributed by atoms with Crippen LogP contribution < -0.4 is 5.32 Å². The number of hydrogen-bond acceptors (Lipinski definition) is 2. The zero-order chi connectivity index (χ0) is 16.4. The summed E-state index contributed by atoms with van der Waals surface area (Å²) in [5.74, 6) is 7.23. The van der Waals surface area contributed by atoms with Crippen molar-refractivity contribution in [3.8, 4) is 11.8 Å². The highest BCUT2D eigenvalue weighted by Crippen LogP contribution is 2.28. The number of hydrogen-bond donors (Lipinski definition) is 1. The fourth-order valence-electron chi connectivity index (χ4n) is 3.34. The van der Waals surface area contributed by atoms with E-state index in [2.05, 4.69) is 35.4 Å². The van der Waals surface area contributed by atoms with Gasteiger partial charge in [0.1, 0.15) is 0 Å². The molecule has 1 aromatic carbocycles. The zero-order valence-electron chi connectivity index (χ0n) is 14.0. The molecule has 4 rings (SSSR count). The van der Waals surface area contributed by atoms with E-state index in [9.17, 15) is 4.79 Å². The molecule has 2 fully saturated rings. The minimum absolute atomic E-state index is 0.0220. The third-order valence-corrected chi connectivity index (χ3v) is 5.01. The molecule has 1 aliphatic carbocycles. The lowest BCUT2D eigenvalue weighted by Gasteiger charge is -2.29. The third-order valence-electron chi connectivity index (χ3n) is 5.01. The van der Waals surface area contributed by atoms with Crippen LogP contribution in [0, 0.1) is 17.8 Å². The van der Waals surface area contributed by atoms with Crippen LogP contribution in [-0.2, 0) is 17.7 Å². The van der Waals surface area contributed by atoms with Crippen molar-refractivity contribution in [1.82, 2.24) is 10.2 Å². The smallest absolute Gasteiger partial charge is 0.317 e. The first-order valence-corrected chi connectivity index (χ1v) is 9.05. The molecule has 4 nitrogen and oxygen atoms in total. The molecular formula is C20H24N2O2. The Hall–Kier alpha value is -1.99. The summed E-state index contributed by atoms with van der Waals surface area (Å²) in [4.78, 5) is 14.2. The van der Waals surface area contributed by atoms with E-state index in [0.717, 1.165) is 38.0 Å². The highest BCUT2D eigenvalue weighted by atomic mass is 16.5. The SMILES string of the molecule is O=C(NCC1CCCO1)N1CCc2cc(C#CC3CC3)ccc2C1. The molecule has 0 aromatic heterocycles. The summed E-state index contributed by atoms with van der Waals surface area (Å²) in [6, 6.07) is 6.44. The molecule has 2 aliphatic heterocycles. The summed E-state index contributed by atoms with van der Waals surface area (Å²) >= 11 is 0. The van der Waals surface area contributed by atoms with Crippen molar-refractivity contribution >= 4 is 6.03 Å². The van der Waals surface area contributed by atoms with E-state index in [1.165, 1.54) is 24.0 Å². The van der Waals surface area contributed by atoms with Crippen LogP contribution >= 0.6 is 0 Å². The van der Waals surface area contributed by atoms with Gasteiger partial charge in [0.2, 0.25) is 0 Å². The lowest BCUT2D eigenvalue weighted by atomic mass is 9.97. The second kappa shape index (κ2) is 6.86. The van der Waals surface area contributed by atoms with Gasteiger partial charge in [0, 0.05) is 37.7 Å². The van der Waals surface area contributed by atoms with Gasteiger partial charge in [-0.15, -0.1) is 0 Å². The van der Waals surface area contributed by atoms with Crippen molar-refractivity contribution in [2.45, 2.75) is 44.8 Å². The molecule has 126 valence electrons. The highest BCUT2D eigenvalue weighted by molar-refractivity contribution is 5.74. The molecule has 1 atom stereocenters. The topological polar surface area (TPSA) is 41.6 Å². The predicted octanol–water partition coefficient (Wildman–Crippen LogP) is 2.69. The minimum atomic E-state index is 0.0220. The van der Waals surface area contributed by atoms with Gasteiger partial charge >= 0.3 is 6.03 Å². The van der Waals surface area contributed by atoms with Gasteiger partial charge in [-0.05, 0) is 55.4 Å². The lowest BCUT2D eigenvalue weighted by Crippen LogP contribution is -2.44. The van der Waals surface area contributed by atoms with Crippen molar-refractivity contribution in [2.24, 2.45) is 5.92 Å². The Morgan fingerprint density at radius 1 is 1.29 bits per heavy atom. The average Bonchev–Trinajstić information content (AvgIpc) is 3.30. The Morgan fingerprint density at radius 2 is 2.21 bits per heavy atom. The summed E-state index contributed by atoms with van der Waals surface area (Å²) < 4.78 is 5.56. The van der Waals surface area contributed by atoms with Gasteiger partial charge in [-0.1, -0.05) is 17.9 Å². The van der Waals surface area contributed by atoms with E-state index in [4.69, 9.17) is 4.74 Å². The molecule has 1 saturated heterocycles. The number of nitrogens with one attached hydrogen (secondary N) is 1. The molecular weight excluding hydrogens is 300 g/mol. The van der Waals surface area contributed by atoms with Gasteiger partial charge in [-0.2, -0.15) is 0 Å². The predicted molar refractivity (Wildman–Crippen MR) is 92.5 cm³/mol. The van der Waals surface area contributed by atoms with E-state index in [0.29, 0.717) is 19.0 Å². The number of rotatable bonds is 2. The van der Waals surface area contributed by atoms with E-state index in [1.807, 2.05) is 4.90 Å². The summed E-state index contributed by atoms with van der Waals surface area (Å²) in [7, 11) is 0. The van der Waals surface area contributed by atoms with Crippen LogP contribution in [0.1, 0.15) is 42.4 Å². The molecule has 0 spiro atoms. The molecule has 24 heavy (non-hydrogen) atoms. The molecule has 1 N–H and O–H groups in total. The van der Waals surface area contributed by atoms with Crippen LogP contribution in [0.5, 0.6) is 0 Å². The zero-order valence-corrected chi connectivity index (χ0v) is 14.0. The van der Waals surface area contributed by atoms with E-state index >= 15 is 0 Å². The van der Waals surface area contributed by atoms with Gasteiger partial charge in [0.05, 0.1) is 6.10 Å². The molecule has 0 radical (unpaired) electrons. The van der Waals surface area contributed by atoms with E-state index < -0.39 is 0 Å². The van der Waals surface area contributed by atoms with E-state index in [1.54, 1.807) is 0 Å². The summed E-state index contributed by atoms with van der Waals surface area (Å²) in [6.45, 7) is 2.90. The molecule has 1 unspecified atom stereocenters. The molecule has 4 heteroatoms. The van der Waals surface area contributed by atoms with E-state index in [-0.39, 0.29) is 12.1 Å². The highest BCUT2D eigenvalue weighted by Gasteiger charge is 2.23. The summed E-state index contributed by atoms with van der Waals surface area (Å²) in [6.07, 6.45) is 5.76. The minimum Gasteiger partial charge on any atom is -0.376 e. The van der Waals surface area contributed by atoms with Crippen LogP contribution in [0.4, 0.5) is 4.79 Å². The van der Waals surface area contributed by atoms with Crippen molar-refractivity contribution in [2.75, 3.05) is 19.7 Å². The summed E-state index contributed by atoms with van der Waals surface area (Å²) in [5.41, 5.74) is 3.68. The average molecular weight is 324 g/mol. The van der Waals surface area contributed by atoms with Crippen LogP contribution in [0.2, 0.25) is 0 Å². The maximum absolute atomic E-state index is 12.4. The van der Waals surface area contributed by atoms with Gasteiger partial charge in [-0.3, -0.25) is 0 Å².